The van der Waals surface area contributed by atoms with Crippen LogP contribution in [0, 0.1) is 5.82 Å². The van der Waals surface area contributed by atoms with Crippen LogP contribution >= 0.6 is 0 Å². The molecule has 32 heavy (non-hydrogen) atoms. The van der Waals surface area contributed by atoms with Gasteiger partial charge in [0, 0.05) is 17.2 Å². The van der Waals surface area contributed by atoms with Crippen LogP contribution in [-0.2, 0) is 15.9 Å². The number of carbonyl (C=O) groups is 1. The van der Waals surface area contributed by atoms with Gasteiger partial charge in [-0.25, -0.2) is 14.2 Å². The Balaban J connectivity index is 1.29. The van der Waals surface area contributed by atoms with Crippen LogP contribution in [0.4, 0.5) is 9.18 Å². The summed E-state index contributed by atoms with van der Waals surface area (Å²) in [7, 11) is 0. The van der Waals surface area contributed by atoms with E-state index in [-0.39, 0.29) is 23.8 Å². The maximum Gasteiger partial charge on any atom is 0.405 e. The zero-order chi connectivity index (χ0) is 22.3. The van der Waals surface area contributed by atoms with E-state index in [0.29, 0.717) is 48.5 Å². The Morgan fingerprint density at radius 2 is 2.16 bits per heavy atom. The Morgan fingerprint density at radius 3 is 2.81 bits per heavy atom. The number of pyridine rings is 2. The number of ether oxygens (including phenoxy) is 3. The molecule has 1 amide bonds. The SMILES string of the molecule is NC12CCC(CCc3c(F)cnc4ccc(OCC5OC[C@@H]5NC(=O)O)nc34)(CC1)OC2. The van der Waals surface area contributed by atoms with Gasteiger partial charge in [0.1, 0.15) is 18.5 Å². The normalized spacial score (nSPS) is 31.3. The number of carboxylic acid groups (broad SMARTS) is 1. The van der Waals surface area contributed by atoms with Gasteiger partial charge in [-0.05, 0) is 44.6 Å². The number of hydrogen-bond donors (Lipinski definition) is 3. The summed E-state index contributed by atoms with van der Waals surface area (Å²) in [6, 6.07) is 3.09. The van der Waals surface area contributed by atoms with Gasteiger partial charge in [-0.15, -0.1) is 0 Å². The molecule has 2 bridgehead atoms. The van der Waals surface area contributed by atoms with Gasteiger partial charge in [-0.3, -0.25) is 4.98 Å². The predicted molar refractivity (Wildman–Crippen MR) is 112 cm³/mol. The minimum Gasteiger partial charge on any atom is -0.475 e. The summed E-state index contributed by atoms with van der Waals surface area (Å²) >= 11 is 0. The van der Waals surface area contributed by atoms with Gasteiger partial charge < -0.3 is 30.4 Å². The maximum atomic E-state index is 14.8. The summed E-state index contributed by atoms with van der Waals surface area (Å²) in [6.45, 7) is 1.00. The summed E-state index contributed by atoms with van der Waals surface area (Å²) in [6.07, 6.45) is 4.57. The van der Waals surface area contributed by atoms with Crippen LogP contribution in [-0.4, -0.2) is 64.3 Å². The highest BCUT2D eigenvalue weighted by Gasteiger charge is 2.47. The highest BCUT2D eigenvalue weighted by atomic mass is 19.1. The van der Waals surface area contributed by atoms with Crippen molar-refractivity contribution in [1.29, 1.82) is 0 Å². The first-order valence-corrected chi connectivity index (χ1v) is 11.0. The number of hydrogen-bond acceptors (Lipinski definition) is 7. The number of nitrogens with one attached hydrogen (secondary N) is 1. The number of aryl methyl sites for hydroxylation is 1. The Morgan fingerprint density at radius 1 is 1.34 bits per heavy atom. The molecule has 1 unspecified atom stereocenters. The number of amides is 1. The molecule has 6 rings (SSSR count). The molecule has 2 aromatic heterocycles. The van der Waals surface area contributed by atoms with E-state index in [2.05, 4.69) is 15.3 Å². The lowest BCUT2D eigenvalue weighted by Crippen LogP contribution is -2.59. The molecule has 0 aromatic carbocycles. The van der Waals surface area contributed by atoms with Crippen molar-refractivity contribution >= 4 is 17.1 Å². The zero-order valence-electron chi connectivity index (χ0n) is 17.7. The molecule has 9 nitrogen and oxygen atoms in total. The van der Waals surface area contributed by atoms with Crippen molar-refractivity contribution in [3.8, 4) is 5.88 Å². The van der Waals surface area contributed by atoms with Crippen LogP contribution in [0.2, 0.25) is 0 Å². The Kier molecular flexibility index (Phi) is 5.39. The number of fused-ring (bicyclic) bond motifs is 4. The van der Waals surface area contributed by atoms with E-state index in [0.717, 1.165) is 25.7 Å². The van der Waals surface area contributed by atoms with Crippen molar-refractivity contribution in [2.45, 2.75) is 61.8 Å². The minimum absolute atomic E-state index is 0.138. The average Bonchev–Trinajstić information content (AvgIpc) is 2.77. The van der Waals surface area contributed by atoms with Crippen molar-refractivity contribution in [3.63, 3.8) is 0 Å². The van der Waals surface area contributed by atoms with E-state index in [9.17, 15) is 9.18 Å². The third-order valence-corrected chi connectivity index (χ3v) is 7.04. The smallest absolute Gasteiger partial charge is 0.405 e. The predicted octanol–water partition coefficient (Wildman–Crippen LogP) is 2.16. The van der Waals surface area contributed by atoms with E-state index in [1.165, 1.54) is 6.20 Å². The third-order valence-electron chi connectivity index (χ3n) is 7.04. The first-order valence-electron chi connectivity index (χ1n) is 11.0. The topological polar surface area (TPSA) is 129 Å². The van der Waals surface area contributed by atoms with Crippen molar-refractivity contribution < 1.29 is 28.5 Å². The number of aromatic nitrogens is 2. The van der Waals surface area contributed by atoms with Crippen LogP contribution in [0.3, 0.4) is 0 Å². The van der Waals surface area contributed by atoms with E-state index in [1.807, 2.05) is 0 Å². The van der Waals surface area contributed by atoms with Crippen molar-refractivity contribution in [3.05, 3.63) is 29.7 Å². The number of halogens is 1. The van der Waals surface area contributed by atoms with Crippen molar-refractivity contribution in [1.82, 2.24) is 15.3 Å². The Labute approximate surface area is 184 Å². The molecule has 0 spiro atoms. The lowest BCUT2D eigenvalue weighted by Gasteiger charge is -2.51. The van der Waals surface area contributed by atoms with Gasteiger partial charge in [0.25, 0.3) is 0 Å². The summed E-state index contributed by atoms with van der Waals surface area (Å²) < 4.78 is 32.0. The Bertz CT molecular complexity index is 1010. The maximum absolute atomic E-state index is 14.8. The molecule has 2 atom stereocenters. The molecule has 172 valence electrons. The molecular formula is C22H27FN4O5. The van der Waals surface area contributed by atoms with Gasteiger partial charge in [-0.1, -0.05) is 0 Å². The molecule has 3 aliphatic heterocycles. The largest absolute Gasteiger partial charge is 0.475 e. The van der Waals surface area contributed by atoms with E-state index >= 15 is 0 Å². The van der Waals surface area contributed by atoms with Crippen LogP contribution in [0.15, 0.2) is 18.3 Å². The van der Waals surface area contributed by atoms with Crippen LogP contribution in [0.1, 0.15) is 37.7 Å². The summed E-state index contributed by atoms with van der Waals surface area (Å²) in [5, 5.41) is 11.2. The summed E-state index contributed by atoms with van der Waals surface area (Å²) in [4.78, 5) is 19.5. The first-order chi connectivity index (χ1) is 15.3. The molecule has 10 heteroatoms. The lowest BCUT2D eigenvalue weighted by molar-refractivity contribution is -0.156. The highest BCUT2D eigenvalue weighted by Crippen LogP contribution is 2.45. The highest BCUT2D eigenvalue weighted by molar-refractivity contribution is 5.78. The molecule has 4 aliphatic rings. The number of rotatable bonds is 7. The van der Waals surface area contributed by atoms with Crippen molar-refractivity contribution in [2.24, 2.45) is 5.73 Å². The van der Waals surface area contributed by atoms with Gasteiger partial charge >= 0.3 is 6.09 Å². The zero-order valence-corrected chi connectivity index (χ0v) is 17.7. The van der Waals surface area contributed by atoms with Gasteiger partial charge in [0.05, 0.1) is 42.1 Å². The second-order valence-corrected chi connectivity index (χ2v) is 9.17. The Hall–Kier alpha value is -2.56. The molecule has 4 fully saturated rings. The molecule has 2 aromatic rings. The van der Waals surface area contributed by atoms with Crippen LogP contribution in [0.25, 0.3) is 11.0 Å². The number of nitrogens with two attached hydrogens (primary N) is 1. The van der Waals surface area contributed by atoms with E-state index < -0.39 is 18.0 Å². The van der Waals surface area contributed by atoms with Crippen molar-refractivity contribution in [2.75, 3.05) is 19.8 Å². The number of nitrogens with zero attached hydrogens (tertiary/aromatic N) is 2. The summed E-state index contributed by atoms with van der Waals surface area (Å²) in [5.41, 5.74) is 7.42. The second-order valence-electron chi connectivity index (χ2n) is 9.17. The van der Waals surface area contributed by atoms with Crippen LogP contribution in [0.5, 0.6) is 5.88 Å². The molecular weight excluding hydrogens is 419 g/mol. The summed E-state index contributed by atoms with van der Waals surface area (Å²) in [5.74, 6) is -0.0835. The molecule has 1 aliphatic carbocycles. The first kappa shape index (κ1) is 21.3. The van der Waals surface area contributed by atoms with Gasteiger partial charge in [-0.2, -0.15) is 0 Å². The standard InChI is InChI=1S/C22H27FN4O5/c23-14-9-25-15-1-2-18(31-11-17-16(10-30-17)26-20(28)29)27-19(15)13(14)3-4-22-7-5-21(24,6-8-22)12-32-22/h1-2,9,16-17,26H,3-8,10-12,24H2,(H,28,29)/t16-,17?,21?,22?/m0/s1. The third kappa shape index (κ3) is 4.10. The minimum atomic E-state index is -1.10. The fraction of sp³-hybridized carbons (Fsp3) is 0.591. The molecule has 4 N–H and O–H groups in total. The molecule has 0 radical (unpaired) electrons. The average molecular weight is 446 g/mol. The van der Waals surface area contributed by atoms with E-state index in [1.54, 1.807) is 12.1 Å². The van der Waals surface area contributed by atoms with E-state index in [4.69, 9.17) is 25.1 Å². The van der Waals surface area contributed by atoms with Gasteiger partial charge in [0.15, 0.2) is 0 Å². The second kappa shape index (κ2) is 8.09. The fourth-order valence-corrected chi connectivity index (χ4v) is 4.81. The lowest BCUT2D eigenvalue weighted by atomic mass is 9.70. The monoisotopic (exact) mass is 446 g/mol. The molecule has 1 saturated carbocycles. The quantitative estimate of drug-likeness (QED) is 0.590. The molecule has 5 heterocycles. The fourth-order valence-electron chi connectivity index (χ4n) is 4.81. The molecule has 3 saturated heterocycles. The van der Waals surface area contributed by atoms with Crippen LogP contribution < -0.4 is 15.8 Å². The van der Waals surface area contributed by atoms with Gasteiger partial charge in [0.2, 0.25) is 5.88 Å².